The third-order valence-electron chi connectivity index (χ3n) is 3.67. The smallest absolute Gasteiger partial charge is 0.269 e. The molecule has 1 aromatic heterocycles. The van der Waals surface area contributed by atoms with Crippen molar-refractivity contribution in [3.63, 3.8) is 0 Å². The van der Waals surface area contributed by atoms with Crippen molar-refractivity contribution in [3.8, 4) is 5.75 Å². The molecule has 0 aliphatic heterocycles. The highest BCUT2D eigenvalue weighted by molar-refractivity contribution is 6.05. The first kappa shape index (κ1) is 16.2. The number of nitro groups is 1. The fraction of sp³-hybridized carbons (Fsp3) is 0.0588. The van der Waals surface area contributed by atoms with Crippen LogP contribution in [0.3, 0.4) is 0 Å². The Balaban J connectivity index is 1.92. The number of rotatable bonds is 4. The van der Waals surface area contributed by atoms with Gasteiger partial charge in [-0.3, -0.25) is 19.7 Å². The van der Waals surface area contributed by atoms with Gasteiger partial charge in [0.2, 0.25) is 5.43 Å². The maximum absolute atomic E-state index is 12.5. The van der Waals surface area contributed by atoms with Crippen molar-refractivity contribution in [3.05, 3.63) is 74.6 Å². The van der Waals surface area contributed by atoms with Crippen molar-refractivity contribution in [2.45, 2.75) is 0 Å². The first-order chi connectivity index (χ1) is 12.0. The van der Waals surface area contributed by atoms with Crippen LogP contribution in [0.4, 0.5) is 11.4 Å². The van der Waals surface area contributed by atoms with Gasteiger partial charge in [0, 0.05) is 34.9 Å². The second kappa shape index (κ2) is 6.44. The summed E-state index contributed by atoms with van der Waals surface area (Å²) in [5.74, 6) is -0.106. The molecular formula is C17H13N3O5. The standard InChI is InChI=1S/C17H13N3O5/c1-25-12-6-7-15-13(8-12)16(21)14(9-18-15)17(22)19-10-2-4-11(5-3-10)20(23)24/h2-9H,1H3,(H,18,21)(H,19,22). The Hall–Kier alpha value is -3.68. The van der Waals surface area contributed by atoms with E-state index in [4.69, 9.17) is 4.74 Å². The zero-order valence-corrected chi connectivity index (χ0v) is 13.1. The Morgan fingerprint density at radius 2 is 1.92 bits per heavy atom. The maximum atomic E-state index is 12.5. The molecule has 0 bridgehead atoms. The van der Waals surface area contributed by atoms with Crippen LogP contribution in [0.5, 0.6) is 5.75 Å². The van der Waals surface area contributed by atoms with Crippen LogP contribution >= 0.6 is 0 Å². The van der Waals surface area contributed by atoms with Gasteiger partial charge in [-0.2, -0.15) is 0 Å². The van der Waals surface area contributed by atoms with Gasteiger partial charge in [0.05, 0.1) is 12.0 Å². The molecule has 1 heterocycles. The SMILES string of the molecule is COc1ccc2[nH]cc(C(=O)Nc3ccc([N+](=O)[O-])cc3)c(=O)c2c1. The van der Waals surface area contributed by atoms with Crippen molar-refractivity contribution in [2.24, 2.45) is 0 Å². The molecule has 0 saturated carbocycles. The molecule has 0 spiro atoms. The average molecular weight is 339 g/mol. The summed E-state index contributed by atoms with van der Waals surface area (Å²) in [6.07, 6.45) is 1.33. The van der Waals surface area contributed by atoms with E-state index < -0.39 is 16.3 Å². The van der Waals surface area contributed by atoms with Crippen LogP contribution in [-0.2, 0) is 0 Å². The van der Waals surface area contributed by atoms with Crippen LogP contribution in [0.2, 0.25) is 0 Å². The van der Waals surface area contributed by atoms with E-state index in [9.17, 15) is 19.7 Å². The number of non-ortho nitro benzene ring substituents is 1. The van der Waals surface area contributed by atoms with Crippen molar-refractivity contribution in [1.29, 1.82) is 0 Å². The third kappa shape index (κ3) is 3.18. The molecule has 3 rings (SSSR count). The van der Waals surface area contributed by atoms with Gasteiger partial charge in [-0.15, -0.1) is 0 Å². The number of nitrogens with one attached hydrogen (secondary N) is 2. The number of nitro benzene ring substituents is 1. The molecule has 2 aromatic carbocycles. The normalized spacial score (nSPS) is 10.4. The number of benzene rings is 2. The number of pyridine rings is 1. The number of amides is 1. The number of carbonyl (C=O) groups is 1. The monoisotopic (exact) mass is 339 g/mol. The van der Waals surface area contributed by atoms with E-state index in [1.54, 1.807) is 18.2 Å². The number of H-pyrrole nitrogens is 1. The Kier molecular flexibility index (Phi) is 4.17. The van der Waals surface area contributed by atoms with Crippen molar-refractivity contribution in [2.75, 3.05) is 12.4 Å². The highest BCUT2D eigenvalue weighted by Crippen LogP contribution is 2.18. The number of carbonyl (C=O) groups excluding carboxylic acids is 1. The quantitative estimate of drug-likeness (QED) is 0.560. The Morgan fingerprint density at radius 3 is 2.56 bits per heavy atom. The van der Waals surface area contributed by atoms with Crippen LogP contribution in [0.15, 0.2) is 53.5 Å². The lowest BCUT2D eigenvalue weighted by atomic mass is 10.1. The van der Waals surface area contributed by atoms with Gasteiger partial charge in [-0.05, 0) is 30.3 Å². The van der Waals surface area contributed by atoms with Gasteiger partial charge in [0.25, 0.3) is 11.6 Å². The number of fused-ring (bicyclic) bond motifs is 1. The average Bonchev–Trinajstić information content (AvgIpc) is 2.62. The first-order valence-electron chi connectivity index (χ1n) is 7.25. The number of hydrogen-bond donors (Lipinski definition) is 2. The Morgan fingerprint density at radius 1 is 1.20 bits per heavy atom. The van der Waals surface area contributed by atoms with Gasteiger partial charge in [-0.25, -0.2) is 0 Å². The van der Waals surface area contributed by atoms with Gasteiger partial charge < -0.3 is 15.0 Å². The van der Waals surface area contributed by atoms with Crippen LogP contribution in [0.25, 0.3) is 10.9 Å². The molecule has 8 nitrogen and oxygen atoms in total. The topological polar surface area (TPSA) is 114 Å². The fourth-order valence-corrected chi connectivity index (χ4v) is 2.36. The minimum Gasteiger partial charge on any atom is -0.497 e. The van der Waals surface area contributed by atoms with E-state index in [0.717, 1.165) is 0 Å². The number of methoxy groups -OCH3 is 1. The number of anilines is 1. The number of nitrogens with zero attached hydrogens (tertiary/aromatic N) is 1. The first-order valence-corrected chi connectivity index (χ1v) is 7.25. The molecule has 0 aliphatic rings. The minimum absolute atomic E-state index is 0.0703. The fourth-order valence-electron chi connectivity index (χ4n) is 2.36. The van der Waals surface area contributed by atoms with Crippen LogP contribution in [0.1, 0.15) is 10.4 Å². The van der Waals surface area contributed by atoms with E-state index >= 15 is 0 Å². The summed E-state index contributed by atoms with van der Waals surface area (Å²) in [7, 11) is 1.49. The second-order valence-corrected chi connectivity index (χ2v) is 5.20. The number of ether oxygens (including phenoxy) is 1. The molecule has 1 amide bonds. The van der Waals surface area contributed by atoms with E-state index in [1.807, 2.05) is 0 Å². The third-order valence-corrected chi connectivity index (χ3v) is 3.67. The van der Waals surface area contributed by atoms with E-state index in [2.05, 4.69) is 10.3 Å². The molecule has 126 valence electrons. The second-order valence-electron chi connectivity index (χ2n) is 5.20. The van der Waals surface area contributed by atoms with Crippen molar-refractivity contribution < 1.29 is 14.5 Å². The molecule has 2 N–H and O–H groups in total. The molecule has 0 radical (unpaired) electrons. The number of aromatic nitrogens is 1. The maximum Gasteiger partial charge on any atom is 0.269 e. The minimum atomic E-state index is -0.611. The lowest BCUT2D eigenvalue weighted by molar-refractivity contribution is -0.384. The Bertz CT molecular complexity index is 1020. The predicted octanol–water partition coefficient (Wildman–Crippen LogP) is 2.70. The van der Waals surface area contributed by atoms with Crippen molar-refractivity contribution in [1.82, 2.24) is 4.98 Å². The summed E-state index contributed by atoms with van der Waals surface area (Å²) in [6, 6.07) is 10.3. The van der Waals surface area contributed by atoms with Gasteiger partial charge >= 0.3 is 0 Å². The van der Waals surface area contributed by atoms with Crippen molar-refractivity contribution >= 4 is 28.2 Å². The van der Waals surface area contributed by atoms with Crippen LogP contribution in [-0.4, -0.2) is 22.9 Å². The molecule has 25 heavy (non-hydrogen) atoms. The highest BCUT2D eigenvalue weighted by atomic mass is 16.6. The summed E-state index contributed by atoms with van der Waals surface area (Å²) < 4.78 is 5.10. The molecule has 3 aromatic rings. The summed E-state index contributed by atoms with van der Waals surface area (Å²) >= 11 is 0. The summed E-state index contributed by atoms with van der Waals surface area (Å²) in [5.41, 5.74) is 0.332. The zero-order chi connectivity index (χ0) is 18.0. The molecular weight excluding hydrogens is 326 g/mol. The summed E-state index contributed by atoms with van der Waals surface area (Å²) in [4.78, 5) is 37.9. The van der Waals surface area contributed by atoms with Crippen LogP contribution in [0, 0.1) is 10.1 Å². The van der Waals surface area contributed by atoms with Gasteiger partial charge in [0.15, 0.2) is 0 Å². The molecule has 0 fully saturated rings. The van der Waals surface area contributed by atoms with E-state index in [0.29, 0.717) is 22.3 Å². The highest BCUT2D eigenvalue weighted by Gasteiger charge is 2.14. The predicted molar refractivity (Wildman–Crippen MR) is 92.2 cm³/mol. The van der Waals surface area contributed by atoms with E-state index in [-0.39, 0.29) is 11.3 Å². The Labute approximate surface area is 141 Å². The summed E-state index contributed by atoms with van der Waals surface area (Å²) in [6.45, 7) is 0. The molecule has 0 aliphatic carbocycles. The van der Waals surface area contributed by atoms with E-state index in [1.165, 1.54) is 37.6 Å². The zero-order valence-electron chi connectivity index (χ0n) is 13.1. The number of aromatic amines is 1. The largest absolute Gasteiger partial charge is 0.497 e. The molecule has 0 saturated heterocycles. The lowest BCUT2D eigenvalue weighted by Gasteiger charge is -2.07. The molecule has 0 unspecified atom stereocenters. The lowest BCUT2D eigenvalue weighted by Crippen LogP contribution is -2.21. The van der Waals surface area contributed by atoms with Crippen LogP contribution < -0.4 is 15.5 Å². The van der Waals surface area contributed by atoms with Gasteiger partial charge in [0.1, 0.15) is 11.3 Å². The summed E-state index contributed by atoms with van der Waals surface area (Å²) in [5, 5.41) is 13.5. The number of hydrogen-bond acceptors (Lipinski definition) is 5. The van der Waals surface area contributed by atoms with Gasteiger partial charge in [-0.1, -0.05) is 0 Å². The molecule has 0 atom stereocenters. The molecule has 8 heteroatoms.